The third-order valence-corrected chi connectivity index (χ3v) is 5.47. The molecule has 4 heteroatoms. The summed E-state index contributed by atoms with van der Waals surface area (Å²) in [6, 6.07) is 18.3. The molecule has 0 saturated carbocycles. The van der Waals surface area contributed by atoms with Gasteiger partial charge in [-0.25, -0.2) is 0 Å². The van der Waals surface area contributed by atoms with Gasteiger partial charge in [0.2, 0.25) is 0 Å². The minimum Gasteiger partial charge on any atom is -0.508 e. The maximum atomic E-state index is 10.0. The Morgan fingerprint density at radius 2 is 1.52 bits per heavy atom. The minimum absolute atomic E-state index is 0.214. The highest BCUT2D eigenvalue weighted by Crippen LogP contribution is 2.43. The molecule has 0 amide bonds. The van der Waals surface area contributed by atoms with Crippen LogP contribution in [0.1, 0.15) is 35.1 Å². The van der Waals surface area contributed by atoms with E-state index in [9.17, 15) is 10.2 Å². The molecule has 136 valence electrons. The fourth-order valence-corrected chi connectivity index (χ4v) is 4.29. The van der Waals surface area contributed by atoms with Crippen LogP contribution in [0.25, 0.3) is 11.1 Å². The lowest BCUT2D eigenvalue weighted by molar-refractivity contribution is 0.474. The van der Waals surface area contributed by atoms with Gasteiger partial charge in [-0.2, -0.15) is 0 Å². The van der Waals surface area contributed by atoms with Gasteiger partial charge in [-0.1, -0.05) is 47.5 Å². The summed E-state index contributed by atoms with van der Waals surface area (Å²) in [6.45, 7) is 0. The fourth-order valence-electron chi connectivity index (χ4n) is 3.77. The number of aryl methyl sites for hydroxylation is 1. The van der Waals surface area contributed by atoms with Crippen LogP contribution in [0.2, 0.25) is 10.0 Å². The van der Waals surface area contributed by atoms with Gasteiger partial charge in [-0.15, -0.1) is 0 Å². The van der Waals surface area contributed by atoms with Gasteiger partial charge >= 0.3 is 0 Å². The number of halogens is 2. The highest BCUT2D eigenvalue weighted by Gasteiger charge is 2.22. The van der Waals surface area contributed by atoms with Gasteiger partial charge in [0.1, 0.15) is 11.5 Å². The van der Waals surface area contributed by atoms with E-state index in [1.54, 1.807) is 24.3 Å². The van der Waals surface area contributed by atoms with Crippen LogP contribution in [0.4, 0.5) is 0 Å². The summed E-state index contributed by atoms with van der Waals surface area (Å²) in [5.41, 5.74) is 6.16. The topological polar surface area (TPSA) is 40.5 Å². The number of fused-ring (bicyclic) bond motifs is 1. The Kier molecular flexibility index (Phi) is 4.86. The van der Waals surface area contributed by atoms with Gasteiger partial charge in [-0.3, -0.25) is 0 Å². The predicted molar refractivity (Wildman–Crippen MR) is 112 cm³/mol. The van der Waals surface area contributed by atoms with Crippen LogP contribution < -0.4 is 0 Å². The van der Waals surface area contributed by atoms with Crippen molar-refractivity contribution in [3.8, 4) is 11.5 Å². The van der Waals surface area contributed by atoms with Crippen molar-refractivity contribution in [3.63, 3.8) is 0 Å². The van der Waals surface area contributed by atoms with Crippen molar-refractivity contribution in [1.82, 2.24) is 0 Å². The first kappa shape index (κ1) is 18.0. The number of rotatable bonds is 2. The maximum absolute atomic E-state index is 10.0. The van der Waals surface area contributed by atoms with Gasteiger partial charge in [0.25, 0.3) is 0 Å². The van der Waals surface area contributed by atoms with E-state index in [1.807, 2.05) is 36.4 Å². The summed E-state index contributed by atoms with van der Waals surface area (Å²) in [6.07, 6.45) is 2.63. The average Bonchev–Trinajstić information content (AvgIpc) is 2.80. The van der Waals surface area contributed by atoms with Crippen LogP contribution in [-0.2, 0) is 6.42 Å². The Hall–Kier alpha value is -2.42. The zero-order valence-corrected chi connectivity index (χ0v) is 16.1. The summed E-state index contributed by atoms with van der Waals surface area (Å²) in [4.78, 5) is 0. The minimum atomic E-state index is 0.214. The van der Waals surface area contributed by atoms with Gasteiger partial charge in [0.05, 0.1) is 0 Å². The maximum Gasteiger partial charge on any atom is 0.116 e. The van der Waals surface area contributed by atoms with Crippen molar-refractivity contribution in [3.05, 3.63) is 93.0 Å². The number of hydrogen-bond donors (Lipinski definition) is 2. The molecule has 1 aliphatic rings. The molecular formula is C23H18Cl2O2. The standard InChI is InChI=1S/C23H18Cl2O2/c24-16-7-9-20(22(25)13-16)21-6-2-3-14-11-18(27)8-10-19(14)23(21)15-4-1-5-17(26)12-15/h1,4-5,7-13,26-27H,2-3,6H2. The molecule has 0 fully saturated rings. The summed E-state index contributed by atoms with van der Waals surface area (Å²) in [7, 11) is 0. The summed E-state index contributed by atoms with van der Waals surface area (Å²) in [5.74, 6) is 0.475. The summed E-state index contributed by atoms with van der Waals surface area (Å²) >= 11 is 12.6. The van der Waals surface area contributed by atoms with E-state index in [-0.39, 0.29) is 11.5 Å². The van der Waals surface area contributed by atoms with Crippen molar-refractivity contribution < 1.29 is 10.2 Å². The average molecular weight is 397 g/mol. The van der Waals surface area contributed by atoms with Crippen LogP contribution in [-0.4, -0.2) is 10.2 Å². The van der Waals surface area contributed by atoms with Crippen molar-refractivity contribution in [1.29, 1.82) is 0 Å². The lowest BCUT2D eigenvalue weighted by Gasteiger charge is -2.18. The van der Waals surface area contributed by atoms with E-state index >= 15 is 0 Å². The van der Waals surface area contributed by atoms with Crippen molar-refractivity contribution in [2.45, 2.75) is 19.3 Å². The highest BCUT2D eigenvalue weighted by molar-refractivity contribution is 6.36. The van der Waals surface area contributed by atoms with E-state index in [1.165, 1.54) is 0 Å². The number of aromatic hydroxyl groups is 2. The molecule has 3 aromatic rings. The predicted octanol–water partition coefficient (Wildman–Crippen LogP) is 6.70. The summed E-state index contributed by atoms with van der Waals surface area (Å²) in [5, 5.41) is 21.2. The second-order valence-electron chi connectivity index (χ2n) is 6.72. The van der Waals surface area contributed by atoms with E-state index in [0.29, 0.717) is 10.0 Å². The van der Waals surface area contributed by atoms with Gasteiger partial charge in [0, 0.05) is 10.0 Å². The molecule has 0 heterocycles. The van der Waals surface area contributed by atoms with E-state index in [2.05, 4.69) is 0 Å². The first-order valence-corrected chi connectivity index (χ1v) is 9.59. The molecule has 3 aromatic carbocycles. The van der Waals surface area contributed by atoms with Crippen LogP contribution in [0.3, 0.4) is 0 Å². The third kappa shape index (κ3) is 3.55. The van der Waals surface area contributed by atoms with E-state index in [0.717, 1.165) is 52.7 Å². The molecule has 0 bridgehead atoms. The fraction of sp³-hybridized carbons (Fsp3) is 0.130. The monoisotopic (exact) mass is 396 g/mol. The Bertz CT molecular complexity index is 1050. The Morgan fingerprint density at radius 3 is 2.30 bits per heavy atom. The Balaban J connectivity index is 2.05. The number of hydrogen-bond acceptors (Lipinski definition) is 2. The van der Waals surface area contributed by atoms with Crippen LogP contribution >= 0.6 is 23.2 Å². The molecule has 4 rings (SSSR count). The van der Waals surface area contributed by atoms with Crippen LogP contribution in [0.15, 0.2) is 60.7 Å². The largest absolute Gasteiger partial charge is 0.508 e. The lowest BCUT2D eigenvalue weighted by Crippen LogP contribution is -1.96. The van der Waals surface area contributed by atoms with E-state index in [4.69, 9.17) is 23.2 Å². The van der Waals surface area contributed by atoms with Gasteiger partial charge in [-0.05, 0) is 89.1 Å². The number of phenolic OH excluding ortho intramolecular Hbond substituents is 2. The van der Waals surface area contributed by atoms with Crippen molar-refractivity contribution in [2.75, 3.05) is 0 Å². The molecule has 0 spiro atoms. The molecule has 0 radical (unpaired) electrons. The van der Waals surface area contributed by atoms with Crippen LogP contribution in [0, 0.1) is 0 Å². The molecule has 0 unspecified atom stereocenters. The first-order valence-electron chi connectivity index (χ1n) is 8.83. The first-order chi connectivity index (χ1) is 13.0. The van der Waals surface area contributed by atoms with Crippen molar-refractivity contribution in [2.24, 2.45) is 0 Å². The Morgan fingerprint density at radius 1 is 0.741 bits per heavy atom. The smallest absolute Gasteiger partial charge is 0.116 e. The Labute approximate surface area is 168 Å². The molecule has 0 saturated heterocycles. The highest BCUT2D eigenvalue weighted by atomic mass is 35.5. The van der Waals surface area contributed by atoms with Crippen LogP contribution in [0.5, 0.6) is 11.5 Å². The molecule has 0 atom stereocenters. The second kappa shape index (κ2) is 7.30. The molecule has 27 heavy (non-hydrogen) atoms. The number of benzene rings is 3. The molecule has 0 aliphatic heterocycles. The number of phenols is 2. The molecule has 2 nitrogen and oxygen atoms in total. The SMILES string of the molecule is Oc1cccc(C2=C(c3ccc(Cl)cc3Cl)CCCc3cc(O)ccc32)c1. The lowest BCUT2D eigenvalue weighted by atomic mass is 9.87. The third-order valence-electron chi connectivity index (χ3n) is 4.92. The molecule has 2 N–H and O–H groups in total. The van der Waals surface area contributed by atoms with Crippen molar-refractivity contribution >= 4 is 34.3 Å². The molecular weight excluding hydrogens is 379 g/mol. The normalized spacial score (nSPS) is 14.0. The zero-order valence-electron chi connectivity index (χ0n) is 14.5. The summed E-state index contributed by atoms with van der Waals surface area (Å²) < 4.78 is 0. The quantitative estimate of drug-likeness (QED) is 0.505. The molecule has 0 aromatic heterocycles. The van der Waals surface area contributed by atoms with Gasteiger partial charge in [0.15, 0.2) is 0 Å². The van der Waals surface area contributed by atoms with E-state index < -0.39 is 0 Å². The van der Waals surface area contributed by atoms with Gasteiger partial charge < -0.3 is 10.2 Å². The second-order valence-corrected chi connectivity index (χ2v) is 7.57. The molecule has 1 aliphatic carbocycles. The number of allylic oxidation sites excluding steroid dienone is 1. The zero-order chi connectivity index (χ0) is 19.0.